The molecule has 1 amide bonds. The van der Waals surface area contributed by atoms with E-state index >= 15 is 0 Å². The summed E-state index contributed by atoms with van der Waals surface area (Å²) in [5, 5.41) is 13.2. The second-order valence-corrected chi connectivity index (χ2v) is 7.59. The van der Waals surface area contributed by atoms with Crippen LogP contribution in [0.4, 0.5) is 26.7 Å². The molecular weight excluding hydrogens is 461 g/mol. The molecule has 34 heavy (non-hydrogen) atoms. The third-order valence-corrected chi connectivity index (χ3v) is 5.63. The zero-order chi connectivity index (χ0) is 24.6. The zero-order valence-electron chi connectivity index (χ0n) is 17.2. The van der Waals surface area contributed by atoms with Gasteiger partial charge >= 0.3 is 6.09 Å². The maximum absolute atomic E-state index is 13.9. The summed E-state index contributed by atoms with van der Waals surface area (Å²) in [4.78, 5) is 23.7. The molecule has 0 spiro atoms. The van der Waals surface area contributed by atoms with E-state index in [2.05, 4.69) is 0 Å². The number of ether oxygens (including phenoxy) is 1. The lowest BCUT2D eigenvalue weighted by molar-refractivity contribution is -0.308. The van der Waals surface area contributed by atoms with E-state index in [1.54, 1.807) is 0 Å². The minimum absolute atomic E-state index is 0.192. The van der Waals surface area contributed by atoms with Gasteiger partial charge in [0.05, 0.1) is 12.0 Å². The molecule has 4 rings (SSSR count). The van der Waals surface area contributed by atoms with Crippen LogP contribution in [0.3, 0.4) is 0 Å². The van der Waals surface area contributed by atoms with E-state index in [1.165, 1.54) is 0 Å². The van der Waals surface area contributed by atoms with Crippen molar-refractivity contribution in [1.82, 2.24) is 5.32 Å². The third-order valence-electron chi connectivity index (χ3n) is 5.63. The quantitative estimate of drug-likeness (QED) is 0.335. The Bertz CT molecular complexity index is 1220. The lowest BCUT2D eigenvalue weighted by Gasteiger charge is -2.21. The first-order chi connectivity index (χ1) is 16.2. The number of carbonyl (C=O) groups is 2. The largest absolute Gasteiger partial charge is 0.548 e. The van der Waals surface area contributed by atoms with Gasteiger partial charge in [0.15, 0.2) is 23.3 Å². The lowest BCUT2D eigenvalue weighted by Crippen LogP contribution is -2.49. The average molecular weight is 476 g/mol. The van der Waals surface area contributed by atoms with Gasteiger partial charge in [-0.1, -0.05) is 48.5 Å². The summed E-state index contributed by atoms with van der Waals surface area (Å²) in [6.45, 7) is -0.192. The number of hydrogen-bond acceptors (Lipinski definition) is 4. The minimum atomic E-state index is -2.38. The fourth-order valence-corrected chi connectivity index (χ4v) is 4.01. The summed E-state index contributed by atoms with van der Waals surface area (Å²) in [5.41, 5.74) is 2.27. The van der Waals surface area contributed by atoms with Crippen molar-refractivity contribution >= 4 is 12.1 Å². The van der Waals surface area contributed by atoms with Gasteiger partial charge in [-0.15, -0.1) is 0 Å². The Hall–Kier alpha value is -3.95. The number of nitrogens with one attached hydrogen (secondary N) is 1. The molecule has 3 aromatic rings. The third kappa shape index (κ3) is 4.07. The van der Waals surface area contributed by atoms with Gasteiger partial charge < -0.3 is 20.0 Å². The molecule has 5 nitrogen and oxygen atoms in total. The van der Waals surface area contributed by atoms with Crippen LogP contribution in [0.5, 0.6) is 0 Å². The summed E-state index contributed by atoms with van der Waals surface area (Å²) in [7, 11) is 0. The van der Waals surface area contributed by atoms with Gasteiger partial charge in [0.2, 0.25) is 5.82 Å². The van der Waals surface area contributed by atoms with Crippen LogP contribution in [0.15, 0.2) is 48.5 Å². The van der Waals surface area contributed by atoms with E-state index < -0.39 is 59.2 Å². The minimum Gasteiger partial charge on any atom is -0.548 e. The van der Waals surface area contributed by atoms with Gasteiger partial charge in [-0.25, -0.2) is 26.7 Å². The number of hydrogen-bond donors (Lipinski definition) is 1. The standard InChI is InChI=1S/C24H16F5NO4/c25-18-15(19(26)21(28)22(29)20(18)27)9-17(23(31)32)30-24(33)34-10-16-13-7-3-1-5-11(13)12-6-2-4-8-14(12)16/h1-8,16-17H,9-10H2,(H,30,33)(H,31,32)/p-1/t17-/m0/s1. The predicted octanol–water partition coefficient (Wildman–Crippen LogP) is 3.58. The molecule has 0 bridgehead atoms. The first kappa shape index (κ1) is 23.2. The normalized spacial score (nSPS) is 13.2. The SMILES string of the molecule is O=C(N[C@@H](Cc1c(F)c(F)c(F)c(F)c1F)C(=O)[O-])OCC1c2ccccc2-c2ccccc21. The van der Waals surface area contributed by atoms with Crippen molar-refractivity contribution in [2.45, 2.75) is 18.4 Å². The van der Waals surface area contributed by atoms with E-state index in [4.69, 9.17) is 4.74 Å². The fourth-order valence-electron chi connectivity index (χ4n) is 4.01. The van der Waals surface area contributed by atoms with E-state index in [-0.39, 0.29) is 12.5 Å². The van der Waals surface area contributed by atoms with Crippen molar-refractivity contribution in [2.75, 3.05) is 6.61 Å². The fraction of sp³-hybridized carbons (Fsp3) is 0.167. The van der Waals surface area contributed by atoms with Gasteiger partial charge in [0.1, 0.15) is 6.61 Å². The van der Waals surface area contributed by atoms with E-state index in [9.17, 15) is 36.6 Å². The first-order valence-corrected chi connectivity index (χ1v) is 10.0. The molecule has 176 valence electrons. The Morgan fingerprint density at radius 1 is 0.824 bits per heavy atom. The molecule has 0 fully saturated rings. The van der Waals surface area contributed by atoms with Crippen LogP contribution < -0.4 is 10.4 Å². The first-order valence-electron chi connectivity index (χ1n) is 10.0. The maximum Gasteiger partial charge on any atom is 0.407 e. The molecule has 0 heterocycles. The van der Waals surface area contributed by atoms with Crippen LogP contribution in [0, 0.1) is 29.1 Å². The number of carbonyl (C=O) groups excluding carboxylic acids is 2. The van der Waals surface area contributed by atoms with E-state index in [1.807, 2.05) is 53.8 Å². The number of carboxylic acid groups (broad SMARTS) is 1. The van der Waals surface area contributed by atoms with Gasteiger partial charge in [0, 0.05) is 17.9 Å². The molecule has 1 N–H and O–H groups in total. The number of aliphatic carboxylic acids is 1. The summed E-state index contributed by atoms with van der Waals surface area (Å²) in [6, 6.07) is 12.7. The molecule has 10 heteroatoms. The predicted molar refractivity (Wildman–Crippen MR) is 107 cm³/mol. The maximum atomic E-state index is 13.9. The molecule has 0 saturated carbocycles. The lowest BCUT2D eigenvalue weighted by atomic mass is 9.98. The number of rotatable bonds is 6. The molecular formula is C24H15F5NO4-. The Morgan fingerprint density at radius 2 is 1.29 bits per heavy atom. The number of fused-ring (bicyclic) bond motifs is 3. The van der Waals surface area contributed by atoms with Crippen molar-refractivity contribution in [3.63, 3.8) is 0 Å². The van der Waals surface area contributed by atoms with Crippen LogP contribution in [0.1, 0.15) is 22.6 Å². The highest BCUT2D eigenvalue weighted by Gasteiger charge is 2.31. The molecule has 1 aliphatic rings. The Kier molecular flexibility index (Phi) is 6.23. The highest BCUT2D eigenvalue weighted by atomic mass is 19.2. The van der Waals surface area contributed by atoms with E-state index in [0.717, 1.165) is 22.3 Å². The summed E-state index contributed by atoms with van der Waals surface area (Å²) in [6.07, 6.45) is -2.52. The summed E-state index contributed by atoms with van der Waals surface area (Å²) in [5.74, 6) is -13.6. The second kappa shape index (κ2) is 9.12. The van der Waals surface area contributed by atoms with Crippen molar-refractivity contribution in [3.05, 3.63) is 94.3 Å². The topological polar surface area (TPSA) is 78.5 Å². The molecule has 0 aromatic heterocycles. The highest BCUT2D eigenvalue weighted by Crippen LogP contribution is 2.44. The Balaban J connectivity index is 1.49. The number of alkyl carbamates (subject to hydrolysis) is 1. The average Bonchev–Trinajstić information content (AvgIpc) is 3.15. The molecule has 0 saturated heterocycles. The van der Waals surface area contributed by atoms with Crippen molar-refractivity contribution in [2.24, 2.45) is 0 Å². The van der Waals surface area contributed by atoms with Crippen molar-refractivity contribution < 1.29 is 41.4 Å². The number of benzene rings is 3. The number of halogens is 5. The molecule has 0 radical (unpaired) electrons. The van der Waals surface area contributed by atoms with Gasteiger partial charge in [-0.05, 0) is 22.3 Å². The highest BCUT2D eigenvalue weighted by molar-refractivity contribution is 5.80. The Morgan fingerprint density at radius 3 is 1.79 bits per heavy atom. The van der Waals surface area contributed by atoms with Gasteiger partial charge in [0.25, 0.3) is 0 Å². The number of carboxylic acids is 1. The van der Waals surface area contributed by atoms with Gasteiger partial charge in [-0.2, -0.15) is 0 Å². The molecule has 1 atom stereocenters. The molecule has 0 unspecified atom stereocenters. The second-order valence-electron chi connectivity index (χ2n) is 7.59. The molecule has 3 aromatic carbocycles. The van der Waals surface area contributed by atoms with Crippen molar-refractivity contribution in [3.8, 4) is 11.1 Å². The number of amides is 1. The monoisotopic (exact) mass is 476 g/mol. The van der Waals surface area contributed by atoms with Crippen LogP contribution in [0.25, 0.3) is 11.1 Å². The molecule has 1 aliphatic carbocycles. The van der Waals surface area contributed by atoms with Crippen LogP contribution in [-0.4, -0.2) is 24.7 Å². The van der Waals surface area contributed by atoms with Crippen LogP contribution >= 0.6 is 0 Å². The Labute approximate surface area is 189 Å². The summed E-state index contributed by atoms with van der Waals surface area (Å²) >= 11 is 0. The molecule has 0 aliphatic heterocycles. The van der Waals surface area contributed by atoms with Crippen LogP contribution in [-0.2, 0) is 16.0 Å². The van der Waals surface area contributed by atoms with Crippen molar-refractivity contribution in [1.29, 1.82) is 0 Å². The van der Waals surface area contributed by atoms with E-state index in [0.29, 0.717) is 0 Å². The van der Waals surface area contributed by atoms with Gasteiger partial charge in [-0.3, -0.25) is 0 Å². The summed E-state index contributed by atoms with van der Waals surface area (Å²) < 4.78 is 73.0. The smallest absolute Gasteiger partial charge is 0.407 e. The zero-order valence-corrected chi connectivity index (χ0v) is 17.2. The van der Waals surface area contributed by atoms with Crippen LogP contribution in [0.2, 0.25) is 0 Å².